The topological polar surface area (TPSA) is 18.5 Å². The van der Waals surface area contributed by atoms with Crippen molar-refractivity contribution in [3.05, 3.63) is 0 Å². The van der Waals surface area contributed by atoms with Crippen molar-refractivity contribution >= 4 is 11.6 Å². The van der Waals surface area contributed by atoms with Crippen LogP contribution in [0.2, 0.25) is 0 Å². The molecule has 0 aromatic rings. The Morgan fingerprint density at radius 3 is 2.79 bits per heavy atom. The third kappa shape index (κ3) is 2.85. The van der Waals surface area contributed by atoms with Gasteiger partial charge in [0.2, 0.25) is 0 Å². The van der Waals surface area contributed by atoms with Gasteiger partial charge in [0.25, 0.3) is 0 Å². The number of hydrogen-bond acceptors (Lipinski definition) is 2. The Morgan fingerprint density at radius 1 is 1.50 bits per heavy atom. The number of halogens is 1. The second-order valence-corrected chi connectivity index (χ2v) is 4.48. The molecule has 0 radical (unpaired) electrons. The van der Waals surface area contributed by atoms with Crippen LogP contribution in [0.4, 0.5) is 0 Å². The van der Waals surface area contributed by atoms with E-state index in [1.54, 1.807) is 7.11 Å². The Kier molecular flexibility index (Phi) is 5.21. The van der Waals surface area contributed by atoms with E-state index in [0.29, 0.717) is 6.10 Å². The largest absolute Gasteiger partial charge is 0.385 e. The van der Waals surface area contributed by atoms with E-state index in [4.69, 9.17) is 21.1 Å². The molecule has 2 unspecified atom stereocenters. The molecule has 84 valence electrons. The zero-order valence-corrected chi connectivity index (χ0v) is 9.98. The van der Waals surface area contributed by atoms with E-state index >= 15 is 0 Å². The van der Waals surface area contributed by atoms with Crippen molar-refractivity contribution < 1.29 is 9.47 Å². The van der Waals surface area contributed by atoms with Crippen LogP contribution >= 0.6 is 11.6 Å². The van der Waals surface area contributed by atoms with Gasteiger partial charge in [0, 0.05) is 31.6 Å². The summed E-state index contributed by atoms with van der Waals surface area (Å²) in [4.78, 5) is 0. The number of rotatable bonds is 6. The van der Waals surface area contributed by atoms with Gasteiger partial charge in [-0.25, -0.2) is 0 Å². The molecule has 0 aliphatic carbocycles. The summed E-state index contributed by atoms with van der Waals surface area (Å²) in [7, 11) is 1.75. The molecule has 0 spiro atoms. The van der Waals surface area contributed by atoms with Crippen molar-refractivity contribution in [2.24, 2.45) is 5.41 Å². The SMILES string of the molecule is COCCCCC1(CCl)CCOC1C. The second kappa shape index (κ2) is 5.94. The molecule has 0 saturated carbocycles. The maximum absolute atomic E-state index is 6.06. The minimum atomic E-state index is 0.231. The smallest absolute Gasteiger partial charge is 0.0615 e. The van der Waals surface area contributed by atoms with Gasteiger partial charge >= 0.3 is 0 Å². The Balaban J connectivity index is 2.30. The zero-order valence-electron chi connectivity index (χ0n) is 9.22. The normalized spacial score (nSPS) is 32.4. The molecule has 1 fully saturated rings. The van der Waals surface area contributed by atoms with E-state index in [-0.39, 0.29) is 5.41 Å². The minimum Gasteiger partial charge on any atom is -0.385 e. The van der Waals surface area contributed by atoms with E-state index in [1.165, 1.54) is 12.8 Å². The third-order valence-electron chi connectivity index (χ3n) is 3.37. The second-order valence-electron chi connectivity index (χ2n) is 4.21. The molecule has 0 amide bonds. The highest BCUT2D eigenvalue weighted by Crippen LogP contribution is 2.40. The Labute approximate surface area is 91.9 Å². The molecular formula is C11H21ClO2. The molecule has 2 nitrogen and oxygen atoms in total. The molecule has 0 N–H and O–H groups in total. The average Bonchev–Trinajstić information content (AvgIpc) is 2.56. The first kappa shape index (κ1) is 12.3. The summed E-state index contributed by atoms with van der Waals surface area (Å²) in [6.07, 6.45) is 4.92. The van der Waals surface area contributed by atoms with Crippen molar-refractivity contribution in [2.45, 2.75) is 38.7 Å². The molecule has 1 saturated heterocycles. The predicted molar refractivity (Wildman–Crippen MR) is 58.9 cm³/mol. The van der Waals surface area contributed by atoms with Gasteiger partial charge in [-0.15, -0.1) is 11.6 Å². The highest BCUT2D eigenvalue weighted by atomic mass is 35.5. The number of alkyl halides is 1. The molecule has 3 heteroatoms. The minimum absolute atomic E-state index is 0.231. The summed E-state index contributed by atoms with van der Waals surface area (Å²) in [5.74, 6) is 0.723. The van der Waals surface area contributed by atoms with Crippen molar-refractivity contribution in [2.75, 3.05) is 26.2 Å². The van der Waals surface area contributed by atoms with Crippen molar-refractivity contribution in [1.82, 2.24) is 0 Å². The maximum atomic E-state index is 6.06. The first-order valence-corrected chi connectivity index (χ1v) is 5.95. The summed E-state index contributed by atoms with van der Waals surface area (Å²) >= 11 is 6.06. The third-order valence-corrected chi connectivity index (χ3v) is 3.90. The van der Waals surface area contributed by atoms with E-state index in [9.17, 15) is 0 Å². The zero-order chi connectivity index (χ0) is 10.4. The van der Waals surface area contributed by atoms with Crippen LogP contribution in [0.25, 0.3) is 0 Å². The van der Waals surface area contributed by atoms with Crippen LogP contribution in [0.5, 0.6) is 0 Å². The quantitative estimate of drug-likeness (QED) is 0.506. The first-order valence-electron chi connectivity index (χ1n) is 5.42. The van der Waals surface area contributed by atoms with Crippen LogP contribution in [-0.2, 0) is 9.47 Å². The van der Waals surface area contributed by atoms with Crippen molar-refractivity contribution in [3.63, 3.8) is 0 Å². The highest BCUT2D eigenvalue weighted by molar-refractivity contribution is 6.18. The lowest BCUT2D eigenvalue weighted by molar-refractivity contribution is 0.0670. The van der Waals surface area contributed by atoms with Crippen molar-refractivity contribution in [3.8, 4) is 0 Å². The molecule has 1 heterocycles. The molecule has 0 aromatic heterocycles. The van der Waals surface area contributed by atoms with E-state index in [1.807, 2.05) is 0 Å². The molecule has 0 aromatic carbocycles. The lowest BCUT2D eigenvalue weighted by Gasteiger charge is -2.29. The van der Waals surface area contributed by atoms with Gasteiger partial charge in [-0.2, -0.15) is 0 Å². The van der Waals surface area contributed by atoms with E-state index < -0.39 is 0 Å². The lowest BCUT2D eigenvalue weighted by atomic mass is 9.79. The van der Waals surface area contributed by atoms with Gasteiger partial charge in [-0.1, -0.05) is 6.42 Å². The van der Waals surface area contributed by atoms with Gasteiger partial charge in [0.05, 0.1) is 6.10 Å². The highest BCUT2D eigenvalue weighted by Gasteiger charge is 2.39. The van der Waals surface area contributed by atoms with E-state index in [0.717, 1.165) is 31.9 Å². The van der Waals surface area contributed by atoms with Gasteiger partial charge in [-0.05, 0) is 26.2 Å². The summed E-state index contributed by atoms with van der Waals surface area (Å²) in [5.41, 5.74) is 0.231. The Bertz CT molecular complexity index is 163. The molecule has 1 rings (SSSR count). The summed E-state index contributed by atoms with van der Waals surface area (Å²) in [6.45, 7) is 3.87. The van der Waals surface area contributed by atoms with Gasteiger partial charge in [0.1, 0.15) is 0 Å². The number of unbranched alkanes of at least 4 members (excludes halogenated alkanes) is 1. The average molecular weight is 221 g/mol. The lowest BCUT2D eigenvalue weighted by Crippen LogP contribution is -2.30. The summed E-state index contributed by atoms with van der Waals surface area (Å²) in [6, 6.07) is 0. The van der Waals surface area contributed by atoms with Gasteiger partial charge < -0.3 is 9.47 Å². The summed E-state index contributed by atoms with van der Waals surface area (Å²) < 4.78 is 10.6. The maximum Gasteiger partial charge on any atom is 0.0615 e. The molecular weight excluding hydrogens is 200 g/mol. The van der Waals surface area contributed by atoms with Crippen LogP contribution in [0.15, 0.2) is 0 Å². The number of methoxy groups -OCH3 is 1. The molecule has 1 aliphatic rings. The van der Waals surface area contributed by atoms with Crippen LogP contribution < -0.4 is 0 Å². The predicted octanol–water partition coefficient (Wildman–Crippen LogP) is 2.84. The van der Waals surface area contributed by atoms with Gasteiger partial charge in [-0.3, -0.25) is 0 Å². The number of hydrogen-bond donors (Lipinski definition) is 0. The number of ether oxygens (including phenoxy) is 2. The van der Waals surface area contributed by atoms with Crippen LogP contribution in [0.3, 0.4) is 0 Å². The first-order chi connectivity index (χ1) is 6.75. The standard InChI is InChI=1S/C11H21ClO2/c1-10-11(9-12,6-8-14-10)5-3-4-7-13-2/h10H,3-9H2,1-2H3. The Morgan fingerprint density at radius 2 is 2.29 bits per heavy atom. The molecule has 0 bridgehead atoms. The Hall–Kier alpha value is 0.210. The molecule has 14 heavy (non-hydrogen) atoms. The monoisotopic (exact) mass is 220 g/mol. The van der Waals surface area contributed by atoms with Crippen molar-refractivity contribution in [1.29, 1.82) is 0 Å². The van der Waals surface area contributed by atoms with E-state index in [2.05, 4.69) is 6.92 Å². The molecule has 2 atom stereocenters. The van der Waals surface area contributed by atoms with Gasteiger partial charge in [0.15, 0.2) is 0 Å². The fourth-order valence-corrected chi connectivity index (χ4v) is 2.60. The fourth-order valence-electron chi connectivity index (χ4n) is 2.11. The van der Waals surface area contributed by atoms with Crippen LogP contribution in [-0.4, -0.2) is 32.3 Å². The fraction of sp³-hybridized carbons (Fsp3) is 1.00. The molecule has 1 aliphatic heterocycles. The summed E-state index contributed by atoms with van der Waals surface area (Å²) in [5, 5.41) is 0. The van der Waals surface area contributed by atoms with Crippen LogP contribution in [0, 0.1) is 5.41 Å². The van der Waals surface area contributed by atoms with Crippen LogP contribution in [0.1, 0.15) is 32.6 Å².